The molecule has 1 heterocycles. The molecule has 0 saturated carbocycles. The zero-order chi connectivity index (χ0) is 19.2. The first-order valence-electron chi connectivity index (χ1n) is 8.59. The van der Waals surface area contributed by atoms with Gasteiger partial charge in [0.25, 0.3) is 0 Å². The number of benzene rings is 2. The molecule has 3 rings (SSSR count). The van der Waals surface area contributed by atoms with E-state index in [1.165, 1.54) is 11.8 Å². The van der Waals surface area contributed by atoms with Crippen molar-refractivity contribution in [2.24, 2.45) is 7.05 Å². The summed E-state index contributed by atoms with van der Waals surface area (Å²) in [5.74, 6) is 1.68. The maximum absolute atomic E-state index is 12.3. The van der Waals surface area contributed by atoms with E-state index in [4.69, 9.17) is 4.74 Å². The van der Waals surface area contributed by atoms with Crippen molar-refractivity contribution in [2.45, 2.75) is 25.6 Å². The number of rotatable bonds is 7. The van der Waals surface area contributed by atoms with E-state index in [1.54, 1.807) is 0 Å². The van der Waals surface area contributed by atoms with Crippen LogP contribution in [0.2, 0.25) is 0 Å². The lowest BCUT2D eigenvalue weighted by Gasteiger charge is -2.11. The summed E-state index contributed by atoms with van der Waals surface area (Å²) in [5.41, 5.74) is 2.97. The van der Waals surface area contributed by atoms with Crippen LogP contribution in [0.1, 0.15) is 17.0 Å². The van der Waals surface area contributed by atoms with E-state index in [0.29, 0.717) is 17.6 Å². The fraction of sp³-hybridized carbons (Fsp3) is 0.250. The van der Waals surface area contributed by atoms with E-state index in [9.17, 15) is 4.79 Å². The quantitative estimate of drug-likeness (QED) is 0.631. The number of ether oxygens (including phenoxy) is 1. The van der Waals surface area contributed by atoms with E-state index >= 15 is 0 Å². The molecule has 0 aliphatic carbocycles. The van der Waals surface area contributed by atoms with Crippen molar-refractivity contribution >= 4 is 23.4 Å². The molecule has 0 fully saturated rings. The van der Waals surface area contributed by atoms with Gasteiger partial charge in [-0.1, -0.05) is 48.2 Å². The normalized spacial score (nSPS) is 10.6. The Morgan fingerprint density at radius 3 is 2.48 bits per heavy atom. The maximum atomic E-state index is 12.3. The van der Waals surface area contributed by atoms with Crippen LogP contribution in [-0.2, 0) is 18.4 Å². The molecule has 0 aliphatic rings. The molecule has 1 amide bonds. The van der Waals surface area contributed by atoms with Crippen LogP contribution in [0.3, 0.4) is 0 Å². The van der Waals surface area contributed by atoms with E-state index in [-0.39, 0.29) is 11.7 Å². The molecule has 0 saturated heterocycles. The molecule has 0 radical (unpaired) electrons. The van der Waals surface area contributed by atoms with E-state index < -0.39 is 0 Å². The molecule has 6 nitrogen and oxygen atoms in total. The summed E-state index contributed by atoms with van der Waals surface area (Å²) >= 11 is 1.35. The third kappa shape index (κ3) is 4.89. The van der Waals surface area contributed by atoms with Crippen LogP contribution >= 0.6 is 11.8 Å². The van der Waals surface area contributed by atoms with E-state index in [0.717, 1.165) is 22.6 Å². The molecule has 0 bridgehead atoms. The number of nitrogens with one attached hydrogen (secondary N) is 1. The van der Waals surface area contributed by atoms with Crippen LogP contribution in [0.4, 0.5) is 5.69 Å². The Bertz CT molecular complexity index is 905. The standard InChI is InChI=1S/C20H22N4O2S/c1-14-8-7-9-15(2)19(14)21-18(25)13-27-20-23-22-17(24(20)3)12-26-16-10-5-4-6-11-16/h4-11H,12-13H2,1-3H3,(H,21,25). The lowest BCUT2D eigenvalue weighted by atomic mass is 10.1. The third-order valence-corrected chi connectivity index (χ3v) is 5.13. The largest absolute Gasteiger partial charge is 0.486 e. The van der Waals surface area contributed by atoms with Crippen LogP contribution in [0.5, 0.6) is 5.75 Å². The second-order valence-corrected chi connectivity index (χ2v) is 7.11. The topological polar surface area (TPSA) is 69.0 Å². The molecule has 140 valence electrons. The minimum Gasteiger partial charge on any atom is -0.486 e. The minimum absolute atomic E-state index is 0.0671. The fourth-order valence-corrected chi connectivity index (χ4v) is 3.31. The maximum Gasteiger partial charge on any atom is 0.234 e. The van der Waals surface area contributed by atoms with Crippen molar-refractivity contribution in [3.05, 3.63) is 65.5 Å². The highest BCUT2D eigenvalue weighted by molar-refractivity contribution is 7.99. The Morgan fingerprint density at radius 1 is 1.07 bits per heavy atom. The highest BCUT2D eigenvalue weighted by Crippen LogP contribution is 2.21. The van der Waals surface area contributed by atoms with Gasteiger partial charge in [-0.05, 0) is 37.1 Å². The van der Waals surface area contributed by atoms with Gasteiger partial charge in [0.15, 0.2) is 11.0 Å². The predicted octanol–water partition coefficient (Wildman–Crippen LogP) is 3.74. The minimum atomic E-state index is -0.0671. The summed E-state index contributed by atoms with van der Waals surface area (Å²) in [5, 5.41) is 12.0. The van der Waals surface area contributed by atoms with Crippen LogP contribution in [0, 0.1) is 13.8 Å². The number of anilines is 1. The number of carbonyl (C=O) groups excluding carboxylic acids is 1. The number of para-hydroxylation sites is 2. The monoisotopic (exact) mass is 382 g/mol. The Balaban J connectivity index is 1.55. The molecule has 0 aliphatic heterocycles. The van der Waals surface area contributed by atoms with Crippen molar-refractivity contribution in [3.63, 3.8) is 0 Å². The van der Waals surface area contributed by atoms with Gasteiger partial charge in [-0.15, -0.1) is 10.2 Å². The number of thioether (sulfide) groups is 1. The van der Waals surface area contributed by atoms with Gasteiger partial charge in [0.05, 0.1) is 5.75 Å². The van der Waals surface area contributed by atoms with Crippen molar-refractivity contribution < 1.29 is 9.53 Å². The van der Waals surface area contributed by atoms with Gasteiger partial charge in [-0.3, -0.25) is 4.79 Å². The Kier molecular flexibility index (Phi) is 6.13. The molecule has 1 aromatic heterocycles. The summed E-state index contributed by atoms with van der Waals surface area (Å²) in [6.07, 6.45) is 0. The molecule has 27 heavy (non-hydrogen) atoms. The van der Waals surface area contributed by atoms with Gasteiger partial charge < -0.3 is 14.6 Å². The first kappa shape index (κ1) is 19.0. The first-order chi connectivity index (χ1) is 13.0. The van der Waals surface area contributed by atoms with Crippen LogP contribution in [0.15, 0.2) is 53.7 Å². The number of carbonyl (C=O) groups is 1. The lowest BCUT2D eigenvalue weighted by molar-refractivity contribution is -0.113. The molecule has 3 aromatic rings. The summed E-state index contributed by atoms with van der Waals surface area (Å²) in [4.78, 5) is 12.3. The molecule has 0 unspecified atom stereocenters. The summed E-state index contributed by atoms with van der Waals surface area (Å²) in [6.45, 7) is 4.29. The molecule has 0 spiro atoms. The molecular weight excluding hydrogens is 360 g/mol. The van der Waals surface area contributed by atoms with Gasteiger partial charge >= 0.3 is 0 Å². The molecular formula is C20H22N4O2S. The smallest absolute Gasteiger partial charge is 0.234 e. The van der Waals surface area contributed by atoms with E-state index in [2.05, 4.69) is 15.5 Å². The lowest BCUT2D eigenvalue weighted by Crippen LogP contribution is -2.16. The third-order valence-electron chi connectivity index (χ3n) is 4.11. The second kappa shape index (κ2) is 8.73. The molecule has 2 aromatic carbocycles. The van der Waals surface area contributed by atoms with Crippen LogP contribution in [-0.4, -0.2) is 26.4 Å². The van der Waals surface area contributed by atoms with Gasteiger partial charge in [0.1, 0.15) is 12.4 Å². The van der Waals surface area contributed by atoms with Crippen molar-refractivity contribution in [3.8, 4) is 5.75 Å². The Labute approximate surface area is 163 Å². The summed E-state index contributed by atoms with van der Waals surface area (Å²) in [6, 6.07) is 15.5. The van der Waals surface area contributed by atoms with Gasteiger partial charge in [0, 0.05) is 12.7 Å². The number of hydrogen-bond acceptors (Lipinski definition) is 5. The average molecular weight is 382 g/mol. The predicted molar refractivity (Wildman–Crippen MR) is 107 cm³/mol. The highest BCUT2D eigenvalue weighted by Gasteiger charge is 2.13. The fourth-order valence-electron chi connectivity index (χ4n) is 2.58. The zero-order valence-electron chi connectivity index (χ0n) is 15.6. The van der Waals surface area contributed by atoms with Gasteiger partial charge in [0.2, 0.25) is 5.91 Å². The van der Waals surface area contributed by atoms with Crippen molar-refractivity contribution in [1.29, 1.82) is 0 Å². The number of aromatic nitrogens is 3. The highest BCUT2D eigenvalue weighted by atomic mass is 32.2. The Hall–Kier alpha value is -2.80. The zero-order valence-corrected chi connectivity index (χ0v) is 16.4. The molecule has 1 N–H and O–H groups in total. The Morgan fingerprint density at radius 2 is 1.78 bits per heavy atom. The summed E-state index contributed by atoms with van der Waals surface area (Å²) < 4.78 is 7.55. The van der Waals surface area contributed by atoms with Crippen LogP contribution < -0.4 is 10.1 Å². The first-order valence-corrected chi connectivity index (χ1v) is 9.58. The number of nitrogens with zero attached hydrogens (tertiary/aromatic N) is 3. The second-order valence-electron chi connectivity index (χ2n) is 6.16. The van der Waals surface area contributed by atoms with E-state index in [1.807, 2.05) is 74.0 Å². The molecule has 7 heteroatoms. The number of amides is 1. The van der Waals surface area contributed by atoms with Crippen molar-refractivity contribution in [2.75, 3.05) is 11.1 Å². The van der Waals surface area contributed by atoms with Gasteiger partial charge in [-0.2, -0.15) is 0 Å². The molecule has 0 atom stereocenters. The number of hydrogen-bond donors (Lipinski definition) is 1. The SMILES string of the molecule is Cc1cccc(C)c1NC(=O)CSc1nnc(COc2ccccc2)n1C. The number of aryl methyl sites for hydroxylation is 2. The van der Waals surface area contributed by atoms with Gasteiger partial charge in [-0.25, -0.2) is 0 Å². The average Bonchev–Trinajstić information content (AvgIpc) is 3.02. The summed E-state index contributed by atoms with van der Waals surface area (Å²) in [7, 11) is 1.87. The van der Waals surface area contributed by atoms with Crippen LogP contribution in [0.25, 0.3) is 0 Å². The van der Waals surface area contributed by atoms with Crippen molar-refractivity contribution in [1.82, 2.24) is 14.8 Å².